The minimum absolute atomic E-state index is 0.0239. The van der Waals surface area contributed by atoms with Gasteiger partial charge in [0.2, 0.25) is 0 Å². The molecule has 7 heteroatoms. The third-order valence-electron chi connectivity index (χ3n) is 2.93. The fourth-order valence-electron chi connectivity index (χ4n) is 1.52. The fourth-order valence-corrected chi connectivity index (χ4v) is 1.52. The Kier molecular flexibility index (Phi) is 4.07. The zero-order valence-corrected chi connectivity index (χ0v) is 10.5. The van der Waals surface area contributed by atoms with Crippen molar-refractivity contribution >= 4 is 17.3 Å². The Labute approximate surface area is 109 Å². The van der Waals surface area contributed by atoms with Crippen LogP contribution in [0.15, 0.2) is 18.2 Å². The Balaban J connectivity index is 3.33. The Morgan fingerprint density at radius 2 is 2.26 bits per heavy atom. The molecule has 19 heavy (non-hydrogen) atoms. The second kappa shape index (κ2) is 5.35. The van der Waals surface area contributed by atoms with E-state index in [-0.39, 0.29) is 17.7 Å². The molecule has 0 saturated heterocycles. The van der Waals surface area contributed by atoms with Crippen LogP contribution in [-0.2, 0) is 4.79 Å². The highest BCUT2D eigenvalue weighted by Gasteiger charge is 2.33. The van der Waals surface area contributed by atoms with Crippen LogP contribution in [0.4, 0.5) is 11.4 Å². The molecule has 0 spiro atoms. The van der Waals surface area contributed by atoms with Crippen molar-refractivity contribution in [1.29, 1.82) is 5.26 Å². The summed E-state index contributed by atoms with van der Waals surface area (Å²) >= 11 is 0. The lowest BCUT2D eigenvalue weighted by Gasteiger charge is -2.25. The number of nitrogens with one attached hydrogen (secondary N) is 1. The highest BCUT2D eigenvalue weighted by Crippen LogP contribution is 2.31. The number of rotatable bonds is 5. The average Bonchev–Trinajstić information content (AvgIpc) is 2.37. The highest BCUT2D eigenvalue weighted by molar-refractivity contribution is 5.84. The summed E-state index contributed by atoms with van der Waals surface area (Å²) in [6.45, 7) is 3.08. The van der Waals surface area contributed by atoms with Crippen LogP contribution >= 0.6 is 0 Å². The summed E-state index contributed by atoms with van der Waals surface area (Å²) in [5.74, 6) is -1.12. The molecule has 0 aliphatic carbocycles. The van der Waals surface area contributed by atoms with Gasteiger partial charge in [-0.3, -0.25) is 10.1 Å². The molecule has 0 aliphatic heterocycles. The van der Waals surface area contributed by atoms with Crippen molar-refractivity contribution in [3.8, 4) is 6.07 Å². The summed E-state index contributed by atoms with van der Waals surface area (Å²) in [5, 5.41) is 31.7. The van der Waals surface area contributed by atoms with Gasteiger partial charge in [-0.05, 0) is 25.5 Å². The van der Waals surface area contributed by atoms with Crippen molar-refractivity contribution in [2.24, 2.45) is 0 Å². The van der Waals surface area contributed by atoms with Gasteiger partial charge in [0.05, 0.1) is 4.92 Å². The number of hydrogen-bond acceptors (Lipinski definition) is 5. The van der Waals surface area contributed by atoms with Gasteiger partial charge in [0.1, 0.15) is 22.9 Å². The number of carboxylic acid groups (broad SMARTS) is 1. The van der Waals surface area contributed by atoms with Gasteiger partial charge in [-0.1, -0.05) is 13.0 Å². The molecule has 0 saturated carbocycles. The largest absolute Gasteiger partial charge is 0.480 e. The maximum Gasteiger partial charge on any atom is 0.329 e. The summed E-state index contributed by atoms with van der Waals surface area (Å²) < 4.78 is 0. The van der Waals surface area contributed by atoms with E-state index in [1.54, 1.807) is 13.0 Å². The number of benzene rings is 1. The van der Waals surface area contributed by atoms with Gasteiger partial charge in [-0.15, -0.1) is 0 Å². The van der Waals surface area contributed by atoms with Crippen LogP contribution in [0.5, 0.6) is 0 Å². The molecular formula is C12H13N3O4. The predicted molar refractivity (Wildman–Crippen MR) is 67.8 cm³/mol. The van der Waals surface area contributed by atoms with Gasteiger partial charge in [-0.25, -0.2) is 4.79 Å². The number of nitrogens with zero attached hydrogens (tertiary/aromatic N) is 2. The van der Waals surface area contributed by atoms with Crippen molar-refractivity contribution < 1.29 is 14.8 Å². The third kappa shape index (κ3) is 2.80. The van der Waals surface area contributed by atoms with Crippen molar-refractivity contribution in [2.45, 2.75) is 25.8 Å². The summed E-state index contributed by atoms with van der Waals surface area (Å²) in [6, 6.07) is 5.88. The second-order valence-electron chi connectivity index (χ2n) is 4.19. The molecule has 0 heterocycles. The SMILES string of the molecule is CCC(C)(Nc1cccc(C#N)c1[N+](=O)[O-])C(=O)O. The molecule has 100 valence electrons. The second-order valence-corrected chi connectivity index (χ2v) is 4.19. The molecule has 1 atom stereocenters. The number of para-hydroxylation sites is 1. The van der Waals surface area contributed by atoms with E-state index in [1.807, 2.05) is 0 Å². The lowest BCUT2D eigenvalue weighted by molar-refractivity contribution is -0.384. The molecule has 7 nitrogen and oxygen atoms in total. The third-order valence-corrected chi connectivity index (χ3v) is 2.93. The summed E-state index contributed by atoms with van der Waals surface area (Å²) in [6.07, 6.45) is 0.232. The first-order valence-electron chi connectivity index (χ1n) is 5.54. The number of anilines is 1. The quantitative estimate of drug-likeness (QED) is 0.620. The summed E-state index contributed by atoms with van der Waals surface area (Å²) in [4.78, 5) is 21.5. The minimum Gasteiger partial charge on any atom is -0.480 e. The molecule has 1 aromatic carbocycles. The van der Waals surface area contributed by atoms with Gasteiger partial charge >= 0.3 is 11.7 Å². The Hall–Kier alpha value is -2.62. The first kappa shape index (κ1) is 14.4. The van der Waals surface area contributed by atoms with Crippen LogP contribution in [-0.4, -0.2) is 21.5 Å². The first-order valence-corrected chi connectivity index (χ1v) is 5.54. The van der Waals surface area contributed by atoms with Crippen molar-refractivity contribution in [3.05, 3.63) is 33.9 Å². The fraction of sp³-hybridized carbons (Fsp3) is 0.333. The Morgan fingerprint density at radius 1 is 1.63 bits per heavy atom. The minimum atomic E-state index is -1.33. The van der Waals surface area contributed by atoms with E-state index in [2.05, 4.69) is 5.32 Å². The standard InChI is InChI=1S/C12H13N3O4/c1-3-12(2,11(16)17)14-9-6-4-5-8(7-13)10(9)15(18)19/h4-6,14H,3H2,1-2H3,(H,16,17). The van der Waals surface area contributed by atoms with Crippen LogP contribution in [0.3, 0.4) is 0 Å². The molecule has 1 unspecified atom stereocenters. The zero-order chi connectivity index (χ0) is 14.6. The molecule has 0 aliphatic rings. The van der Waals surface area contributed by atoms with Crippen LogP contribution < -0.4 is 5.32 Å². The Morgan fingerprint density at radius 3 is 2.68 bits per heavy atom. The van der Waals surface area contributed by atoms with Crippen molar-refractivity contribution in [1.82, 2.24) is 0 Å². The summed E-state index contributed by atoms with van der Waals surface area (Å²) in [7, 11) is 0. The van der Waals surface area contributed by atoms with Gasteiger partial charge in [0, 0.05) is 0 Å². The van der Waals surface area contributed by atoms with E-state index in [1.165, 1.54) is 25.1 Å². The van der Waals surface area contributed by atoms with E-state index in [0.717, 1.165) is 0 Å². The molecular weight excluding hydrogens is 250 g/mol. The molecule has 0 amide bonds. The van der Waals surface area contributed by atoms with E-state index >= 15 is 0 Å². The number of carboxylic acids is 1. The maximum absolute atomic E-state index is 11.2. The lowest BCUT2D eigenvalue weighted by Crippen LogP contribution is -2.42. The van der Waals surface area contributed by atoms with Crippen molar-refractivity contribution in [2.75, 3.05) is 5.32 Å². The molecule has 2 N–H and O–H groups in total. The molecule has 0 aromatic heterocycles. The Bertz CT molecular complexity index is 565. The molecule has 1 aromatic rings. The van der Waals surface area contributed by atoms with E-state index in [0.29, 0.717) is 0 Å². The molecule has 0 bridgehead atoms. The number of hydrogen-bond donors (Lipinski definition) is 2. The number of nitro groups is 1. The van der Waals surface area contributed by atoms with Crippen LogP contribution in [0.2, 0.25) is 0 Å². The zero-order valence-electron chi connectivity index (χ0n) is 10.5. The first-order chi connectivity index (χ1) is 8.85. The summed E-state index contributed by atoms with van der Waals surface area (Å²) in [5.41, 5.74) is -1.83. The number of nitro benzene ring substituents is 1. The van der Waals surface area contributed by atoms with Gasteiger partial charge in [0.15, 0.2) is 0 Å². The normalized spacial score (nSPS) is 13.1. The van der Waals surface area contributed by atoms with E-state index in [9.17, 15) is 14.9 Å². The van der Waals surface area contributed by atoms with Gasteiger partial charge in [0.25, 0.3) is 0 Å². The van der Waals surface area contributed by atoms with Crippen LogP contribution in [0.1, 0.15) is 25.8 Å². The number of aliphatic carboxylic acids is 1. The van der Waals surface area contributed by atoms with Crippen LogP contribution in [0.25, 0.3) is 0 Å². The van der Waals surface area contributed by atoms with Gasteiger partial charge in [-0.2, -0.15) is 5.26 Å². The highest BCUT2D eigenvalue weighted by atomic mass is 16.6. The topological polar surface area (TPSA) is 116 Å². The smallest absolute Gasteiger partial charge is 0.329 e. The van der Waals surface area contributed by atoms with E-state index in [4.69, 9.17) is 10.4 Å². The van der Waals surface area contributed by atoms with Gasteiger partial charge < -0.3 is 10.4 Å². The maximum atomic E-state index is 11.2. The average molecular weight is 263 g/mol. The molecule has 1 rings (SSSR count). The molecule has 0 radical (unpaired) electrons. The number of nitriles is 1. The van der Waals surface area contributed by atoms with E-state index < -0.39 is 22.1 Å². The predicted octanol–water partition coefficient (Wildman–Crippen LogP) is 2.13. The number of carbonyl (C=O) groups is 1. The lowest BCUT2D eigenvalue weighted by atomic mass is 9.98. The monoisotopic (exact) mass is 263 g/mol. The molecule has 0 fully saturated rings. The van der Waals surface area contributed by atoms with Crippen LogP contribution in [0, 0.1) is 21.4 Å². The van der Waals surface area contributed by atoms with Crippen molar-refractivity contribution in [3.63, 3.8) is 0 Å².